The Bertz CT molecular complexity index is 808. The van der Waals surface area contributed by atoms with E-state index in [0.29, 0.717) is 23.5 Å². The van der Waals surface area contributed by atoms with Gasteiger partial charge in [-0.1, -0.05) is 6.07 Å². The average Bonchev–Trinajstić information content (AvgIpc) is 2.92. The number of nitrogens with zero attached hydrogens (tertiary/aromatic N) is 1. The summed E-state index contributed by atoms with van der Waals surface area (Å²) in [6.45, 7) is 1.92. The fourth-order valence-electron chi connectivity index (χ4n) is 2.70. The standard InChI is InChI=1S/C18H17F2N3O2/c1-11-2-5-13(8-16(11)20)21-18(25)22-14-9-17(24)23(10-14)15-6-3-12(19)4-7-15/h2-8,14H,9-10H2,1H3,(H2,21,22,25)/t14-/m1/s1. The van der Waals surface area contributed by atoms with Gasteiger partial charge < -0.3 is 15.5 Å². The normalized spacial score (nSPS) is 16.8. The molecule has 0 aliphatic carbocycles. The van der Waals surface area contributed by atoms with Crippen molar-refractivity contribution in [2.24, 2.45) is 0 Å². The molecule has 2 aromatic rings. The number of hydrogen-bond donors (Lipinski definition) is 2. The molecule has 0 radical (unpaired) electrons. The van der Waals surface area contributed by atoms with Crippen molar-refractivity contribution in [2.75, 3.05) is 16.8 Å². The molecular formula is C18H17F2N3O2. The molecule has 1 saturated heterocycles. The number of carbonyl (C=O) groups is 2. The second-order valence-corrected chi connectivity index (χ2v) is 5.94. The van der Waals surface area contributed by atoms with Crippen LogP contribution in [0.2, 0.25) is 0 Å². The molecule has 7 heteroatoms. The van der Waals surface area contributed by atoms with Gasteiger partial charge in [0.2, 0.25) is 5.91 Å². The van der Waals surface area contributed by atoms with Crippen LogP contribution in [0.5, 0.6) is 0 Å². The van der Waals surface area contributed by atoms with Crippen molar-refractivity contribution in [3.63, 3.8) is 0 Å². The van der Waals surface area contributed by atoms with Crippen molar-refractivity contribution < 1.29 is 18.4 Å². The molecule has 0 unspecified atom stereocenters. The van der Waals surface area contributed by atoms with Crippen LogP contribution in [0.25, 0.3) is 0 Å². The summed E-state index contributed by atoms with van der Waals surface area (Å²) in [5.74, 6) is -0.940. The van der Waals surface area contributed by atoms with Gasteiger partial charge in [0.25, 0.3) is 0 Å². The molecule has 1 aliphatic heterocycles. The Morgan fingerprint density at radius 2 is 1.88 bits per heavy atom. The van der Waals surface area contributed by atoms with Gasteiger partial charge in [0.1, 0.15) is 11.6 Å². The van der Waals surface area contributed by atoms with Gasteiger partial charge in [-0.2, -0.15) is 0 Å². The van der Waals surface area contributed by atoms with E-state index in [2.05, 4.69) is 10.6 Å². The second kappa shape index (κ2) is 6.88. The summed E-state index contributed by atoms with van der Waals surface area (Å²) >= 11 is 0. The van der Waals surface area contributed by atoms with Crippen LogP contribution in [-0.4, -0.2) is 24.5 Å². The van der Waals surface area contributed by atoms with E-state index in [9.17, 15) is 18.4 Å². The Hall–Kier alpha value is -2.96. The maximum absolute atomic E-state index is 13.5. The quantitative estimate of drug-likeness (QED) is 0.897. The summed E-state index contributed by atoms with van der Waals surface area (Å²) in [5, 5.41) is 5.24. The highest BCUT2D eigenvalue weighted by Gasteiger charge is 2.31. The number of nitrogens with one attached hydrogen (secondary N) is 2. The van der Waals surface area contributed by atoms with E-state index >= 15 is 0 Å². The van der Waals surface area contributed by atoms with Crippen molar-refractivity contribution in [2.45, 2.75) is 19.4 Å². The number of urea groups is 1. The molecule has 2 N–H and O–H groups in total. The first-order chi connectivity index (χ1) is 11.9. The molecule has 25 heavy (non-hydrogen) atoms. The summed E-state index contributed by atoms with van der Waals surface area (Å²) < 4.78 is 26.5. The Morgan fingerprint density at radius 3 is 2.56 bits per heavy atom. The van der Waals surface area contributed by atoms with Crippen LogP contribution in [0.15, 0.2) is 42.5 Å². The zero-order chi connectivity index (χ0) is 18.0. The van der Waals surface area contributed by atoms with E-state index in [4.69, 9.17) is 0 Å². The first-order valence-corrected chi connectivity index (χ1v) is 7.82. The van der Waals surface area contributed by atoms with E-state index < -0.39 is 11.8 Å². The predicted octanol–water partition coefficient (Wildman–Crippen LogP) is 3.20. The number of benzene rings is 2. The fourth-order valence-corrected chi connectivity index (χ4v) is 2.70. The lowest BCUT2D eigenvalue weighted by Crippen LogP contribution is -2.39. The van der Waals surface area contributed by atoms with E-state index in [0.717, 1.165) is 0 Å². The minimum atomic E-state index is -0.512. The largest absolute Gasteiger partial charge is 0.333 e. The van der Waals surface area contributed by atoms with E-state index in [-0.39, 0.29) is 24.2 Å². The molecule has 0 aromatic heterocycles. The van der Waals surface area contributed by atoms with E-state index in [1.165, 1.54) is 35.2 Å². The van der Waals surface area contributed by atoms with Crippen LogP contribution < -0.4 is 15.5 Å². The van der Waals surface area contributed by atoms with Crippen molar-refractivity contribution in [3.8, 4) is 0 Å². The van der Waals surface area contributed by atoms with Gasteiger partial charge in [-0.25, -0.2) is 13.6 Å². The number of hydrogen-bond acceptors (Lipinski definition) is 2. The van der Waals surface area contributed by atoms with Gasteiger partial charge in [0.15, 0.2) is 0 Å². The molecule has 0 saturated carbocycles. The Morgan fingerprint density at radius 1 is 1.16 bits per heavy atom. The Labute approximate surface area is 143 Å². The van der Waals surface area contributed by atoms with Crippen LogP contribution in [-0.2, 0) is 4.79 Å². The van der Waals surface area contributed by atoms with Crippen LogP contribution in [0, 0.1) is 18.6 Å². The third kappa shape index (κ3) is 3.93. The number of carbonyl (C=O) groups excluding carboxylic acids is 2. The molecule has 5 nitrogen and oxygen atoms in total. The highest BCUT2D eigenvalue weighted by Crippen LogP contribution is 2.22. The second-order valence-electron chi connectivity index (χ2n) is 5.94. The Kier molecular flexibility index (Phi) is 4.65. The SMILES string of the molecule is Cc1ccc(NC(=O)N[C@@H]2CC(=O)N(c3ccc(F)cc3)C2)cc1F. The zero-order valence-corrected chi connectivity index (χ0v) is 13.6. The van der Waals surface area contributed by atoms with Crippen LogP contribution in [0.3, 0.4) is 0 Å². The number of rotatable bonds is 3. The highest BCUT2D eigenvalue weighted by molar-refractivity contribution is 5.97. The molecule has 0 spiro atoms. The van der Waals surface area contributed by atoms with Gasteiger partial charge in [0, 0.05) is 24.3 Å². The lowest BCUT2D eigenvalue weighted by atomic mass is 10.2. The minimum Gasteiger partial charge on any atom is -0.333 e. The van der Waals surface area contributed by atoms with Gasteiger partial charge in [-0.3, -0.25) is 4.79 Å². The molecule has 1 heterocycles. The van der Waals surface area contributed by atoms with E-state index in [1.54, 1.807) is 19.1 Å². The zero-order valence-electron chi connectivity index (χ0n) is 13.6. The lowest BCUT2D eigenvalue weighted by Gasteiger charge is -2.17. The van der Waals surface area contributed by atoms with Gasteiger partial charge in [0.05, 0.1) is 6.04 Å². The topological polar surface area (TPSA) is 61.4 Å². The van der Waals surface area contributed by atoms with E-state index in [1.807, 2.05) is 0 Å². The van der Waals surface area contributed by atoms with Crippen LogP contribution >= 0.6 is 0 Å². The van der Waals surface area contributed by atoms with Gasteiger partial charge in [-0.15, -0.1) is 0 Å². The fraction of sp³-hybridized carbons (Fsp3) is 0.222. The minimum absolute atomic E-state index is 0.146. The third-order valence-electron chi connectivity index (χ3n) is 4.03. The molecule has 3 amide bonds. The summed E-state index contributed by atoms with van der Waals surface area (Å²) in [6.07, 6.45) is 0.146. The van der Waals surface area contributed by atoms with Crippen molar-refractivity contribution in [1.29, 1.82) is 0 Å². The first kappa shape index (κ1) is 16.9. The molecule has 130 valence electrons. The van der Waals surface area contributed by atoms with Crippen LogP contribution in [0.4, 0.5) is 25.0 Å². The molecule has 0 bridgehead atoms. The summed E-state index contributed by atoms with van der Waals surface area (Å²) in [5.41, 5.74) is 1.40. The number of aryl methyl sites for hydroxylation is 1. The molecule has 1 atom stereocenters. The molecule has 2 aromatic carbocycles. The summed E-state index contributed by atoms with van der Waals surface area (Å²) in [6, 6.07) is 9.11. The van der Waals surface area contributed by atoms with Crippen molar-refractivity contribution >= 4 is 23.3 Å². The monoisotopic (exact) mass is 345 g/mol. The highest BCUT2D eigenvalue weighted by atomic mass is 19.1. The predicted molar refractivity (Wildman–Crippen MR) is 90.4 cm³/mol. The van der Waals surface area contributed by atoms with Gasteiger partial charge >= 0.3 is 6.03 Å². The number of halogens is 2. The van der Waals surface area contributed by atoms with Crippen molar-refractivity contribution in [1.82, 2.24) is 5.32 Å². The number of amides is 3. The smallest absolute Gasteiger partial charge is 0.319 e. The van der Waals surface area contributed by atoms with Crippen LogP contribution in [0.1, 0.15) is 12.0 Å². The number of anilines is 2. The lowest BCUT2D eigenvalue weighted by molar-refractivity contribution is -0.117. The maximum Gasteiger partial charge on any atom is 0.319 e. The molecule has 1 fully saturated rings. The molecular weight excluding hydrogens is 328 g/mol. The average molecular weight is 345 g/mol. The maximum atomic E-state index is 13.5. The molecule has 1 aliphatic rings. The summed E-state index contributed by atoms with van der Waals surface area (Å²) in [4.78, 5) is 25.6. The van der Waals surface area contributed by atoms with Crippen molar-refractivity contribution in [3.05, 3.63) is 59.7 Å². The summed E-state index contributed by atoms with van der Waals surface area (Å²) in [7, 11) is 0. The van der Waals surface area contributed by atoms with Gasteiger partial charge in [-0.05, 0) is 48.9 Å². The Balaban J connectivity index is 1.60. The first-order valence-electron chi connectivity index (χ1n) is 7.82. The molecule has 3 rings (SSSR count). The third-order valence-corrected chi connectivity index (χ3v) is 4.03.